The van der Waals surface area contributed by atoms with Crippen molar-refractivity contribution in [2.24, 2.45) is 0 Å². The molecule has 0 radical (unpaired) electrons. The zero-order valence-electron chi connectivity index (χ0n) is 11.2. The molecule has 0 unspecified atom stereocenters. The molecule has 2 rings (SSSR count). The Kier molecular flexibility index (Phi) is 4.42. The Bertz CT molecular complexity index is 666. The molecule has 1 aromatic heterocycles. The van der Waals surface area contributed by atoms with Crippen LogP contribution in [0.2, 0.25) is 0 Å². The van der Waals surface area contributed by atoms with Gasteiger partial charge in [0.25, 0.3) is 5.56 Å². The number of halogens is 3. The molecule has 0 amide bonds. The molecule has 4 nitrogen and oxygen atoms in total. The number of aromatic nitrogens is 2. The van der Waals surface area contributed by atoms with E-state index in [2.05, 4.69) is 14.7 Å². The van der Waals surface area contributed by atoms with Gasteiger partial charge < -0.3 is 9.72 Å². The lowest BCUT2D eigenvalue weighted by Crippen LogP contribution is -2.20. The molecule has 0 aliphatic carbocycles. The van der Waals surface area contributed by atoms with Crippen LogP contribution in [0.15, 0.2) is 35.1 Å². The van der Waals surface area contributed by atoms with Crippen molar-refractivity contribution in [3.8, 4) is 11.3 Å². The number of hydrogen-bond donors (Lipinski definition) is 1. The first-order valence-electron chi connectivity index (χ1n) is 6.16. The molecule has 1 aromatic carbocycles. The van der Waals surface area contributed by atoms with Crippen molar-refractivity contribution in [2.45, 2.75) is 19.7 Å². The Balaban J connectivity index is 2.25. The van der Waals surface area contributed by atoms with E-state index in [0.29, 0.717) is 11.3 Å². The largest absolute Gasteiger partial charge is 0.411 e. The Hall–Kier alpha value is -2.15. The number of hydrogen-bond acceptors (Lipinski definition) is 3. The van der Waals surface area contributed by atoms with E-state index in [1.54, 1.807) is 31.2 Å². The van der Waals surface area contributed by atoms with E-state index < -0.39 is 24.9 Å². The highest BCUT2D eigenvalue weighted by Crippen LogP contribution is 2.19. The molecule has 0 fully saturated rings. The van der Waals surface area contributed by atoms with Crippen LogP contribution >= 0.6 is 0 Å². The summed E-state index contributed by atoms with van der Waals surface area (Å²) in [5, 5.41) is 0. The first-order chi connectivity index (χ1) is 9.87. The van der Waals surface area contributed by atoms with E-state index >= 15 is 0 Å². The number of ether oxygens (including phenoxy) is 1. The van der Waals surface area contributed by atoms with Crippen molar-refractivity contribution in [2.75, 3.05) is 6.61 Å². The molecular formula is C14H13F3N2O2. The number of alkyl halides is 3. The summed E-state index contributed by atoms with van der Waals surface area (Å²) in [5.41, 5.74) is 1.17. The highest BCUT2D eigenvalue weighted by atomic mass is 19.4. The maximum atomic E-state index is 12.0. The van der Waals surface area contributed by atoms with Gasteiger partial charge in [-0.25, -0.2) is 4.98 Å². The van der Waals surface area contributed by atoms with E-state index in [-0.39, 0.29) is 5.82 Å². The molecular weight excluding hydrogens is 285 g/mol. The zero-order chi connectivity index (χ0) is 15.5. The average molecular weight is 298 g/mol. The van der Waals surface area contributed by atoms with Gasteiger partial charge in [0.2, 0.25) is 0 Å². The predicted octanol–water partition coefficient (Wildman–Crippen LogP) is 2.82. The smallest absolute Gasteiger partial charge is 0.364 e. The number of rotatable bonds is 4. The fraction of sp³-hybridized carbons (Fsp3) is 0.286. The number of nitrogens with zero attached hydrogens (tertiary/aromatic N) is 1. The maximum Gasteiger partial charge on any atom is 0.411 e. The lowest BCUT2D eigenvalue weighted by atomic mass is 10.1. The third kappa shape index (κ3) is 4.16. The summed E-state index contributed by atoms with van der Waals surface area (Å²) in [4.78, 5) is 18.4. The van der Waals surface area contributed by atoms with Gasteiger partial charge in [0.1, 0.15) is 19.0 Å². The SMILES string of the molecule is Cc1c(-c2ccccc2)nc(COCC(F)(F)F)[nH]c1=O. The van der Waals surface area contributed by atoms with E-state index in [1.165, 1.54) is 0 Å². The van der Waals surface area contributed by atoms with E-state index in [4.69, 9.17) is 0 Å². The molecule has 2 aromatic rings. The molecule has 112 valence electrons. The van der Waals surface area contributed by atoms with Crippen LogP contribution < -0.4 is 5.56 Å². The van der Waals surface area contributed by atoms with Gasteiger partial charge in [-0.3, -0.25) is 4.79 Å². The van der Waals surface area contributed by atoms with E-state index in [1.807, 2.05) is 6.07 Å². The van der Waals surface area contributed by atoms with Crippen molar-refractivity contribution in [1.82, 2.24) is 9.97 Å². The highest BCUT2D eigenvalue weighted by molar-refractivity contribution is 5.62. The second-order valence-electron chi connectivity index (χ2n) is 4.46. The Morgan fingerprint density at radius 3 is 2.52 bits per heavy atom. The molecule has 0 spiro atoms. The molecule has 1 N–H and O–H groups in total. The third-order valence-electron chi connectivity index (χ3n) is 2.75. The van der Waals surface area contributed by atoms with Crippen molar-refractivity contribution >= 4 is 0 Å². The molecule has 21 heavy (non-hydrogen) atoms. The zero-order valence-corrected chi connectivity index (χ0v) is 11.2. The van der Waals surface area contributed by atoms with Crippen molar-refractivity contribution in [3.05, 3.63) is 52.1 Å². The molecule has 0 saturated heterocycles. The first kappa shape index (κ1) is 15.2. The molecule has 7 heteroatoms. The number of nitrogens with one attached hydrogen (secondary N) is 1. The normalized spacial score (nSPS) is 11.6. The Morgan fingerprint density at radius 1 is 1.24 bits per heavy atom. The summed E-state index contributed by atoms with van der Waals surface area (Å²) in [6, 6.07) is 8.94. The lowest BCUT2D eigenvalue weighted by Gasteiger charge is -2.09. The minimum absolute atomic E-state index is 0.0636. The van der Waals surface area contributed by atoms with Crippen LogP contribution in [0.25, 0.3) is 11.3 Å². The Labute approximate surface area is 118 Å². The van der Waals surface area contributed by atoms with Crippen molar-refractivity contribution < 1.29 is 17.9 Å². The van der Waals surface area contributed by atoms with E-state index in [0.717, 1.165) is 5.56 Å². The summed E-state index contributed by atoms with van der Waals surface area (Å²) in [6.07, 6.45) is -4.41. The topological polar surface area (TPSA) is 55.0 Å². The summed E-state index contributed by atoms with van der Waals surface area (Å²) < 4.78 is 40.6. The fourth-order valence-corrected chi connectivity index (χ4v) is 1.79. The lowest BCUT2D eigenvalue weighted by molar-refractivity contribution is -0.177. The van der Waals surface area contributed by atoms with Gasteiger partial charge in [0.15, 0.2) is 0 Å². The van der Waals surface area contributed by atoms with Crippen LogP contribution in [-0.2, 0) is 11.3 Å². The summed E-state index contributed by atoms with van der Waals surface area (Å²) >= 11 is 0. The molecule has 0 aliphatic rings. The Morgan fingerprint density at radius 2 is 1.90 bits per heavy atom. The molecule has 1 heterocycles. The molecule has 0 atom stereocenters. The molecule has 0 saturated carbocycles. The summed E-state index contributed by atoms with van der Waals surface area (Å²) in [5.74, 6) is 0.0636. The number of H-pyrrole nitrogens is 1. The third-order valence-corrected chi connectivity index (χ3v) is 2.75. The maximum absolute atomic E-state index is 12.0. The van der Waals surface area contributed by atoms with Crippen LogP contribution in [0.4, 0.5) is 13.2 Å². The molecule has 0 bridgehead atoms. The van der Waals surface area contributed by atoms with Crippen LogP contribution in [0.1, 0.15) is 11.4 Å². The quantitative estimate of drug-likeness (QED) is 0.944. The van der Waals surface area contributed by atoms with Gasteiger partial charge in [0, 0.05) is 11.1 Å². The van der Waals surface area contributed by atoms with Gasteiger partial charge in [0.05, 0.1) is 5.69 Å². The van der Waals surface area contributed by atoms with E-state index in [9.17, 15) is 18.0 Å². The summed E-state index contributed by atoms with van der Waals surface area (Å²) in [6.45, 7) is -0.186. The average Bonchev–Trinajstić information content (AvgIpc) is 2.42. The van der Waals surface area contributed by atoms with Gasteiger partial charge in [-0.15, -0.1) is 0 Å². The van der Waals surface area contributed by atoms with Crippen LogP contribution in [0.3, 0.4) is 0 Å². The van der Waals surface area contributed by atoms with Gasteiger partial charge in [-0.1, -0.05) is 30.3 Å². The first-order valence-corrected chi connectivity index (χ1v) is 6.16. The van der Waals surface area contributed by atoms with Gasteiger partial charge in [-0.05, 0) is 6.92 Å². The minimum Gasteiger partial charge on any atom is -0.364 e. The van der Waals surface area contributed by atoms with Crippen LogP contribution in [-0.4, -0.2) is 22.8 Å². The number of aromatic amines is 1. The minimum atomic E-state index is -4.41. The van der Waals surface area contributed by atoms with Crippen LogP contribution in [0, 0.1) is 6.92 Å². The highest BCUT2D eigenvalue weighted by Gasteiger charge is 2.27. The number of benzene rings is 1. The second-order valence-corrected chi connectivity index (χ2v) is 4.46. The van der Waals surface area contributed by atoms with Crippen LogP contribution in [0.5, 0.6) is 0 Å². The summed E-state index contributed by atoms with van der Waals surface area (Å²) in [7, 11) is 0. The van der Waals surface area contributed by atoms with Gasteiger partial charge >= 0.3 is 6.18 Å². The second kappa shape index (κ2) is 6.09. The predicted molar refractivity (Wildman–Crippen MR) is 70.7 cm³/mol. The van der Waals surface area contributed by atoms with Crippen molar-refractivity contribution in [1.29, 1.82) is 0 Å². The van der Waals surface area contributed by atoms with Crippen molar-refractivity contribution in [3.63, 3.8) is 0 Å². The fourth-order valence-electron chi connectivity index (χ4n) is 1.79. The monoisotopic (exact) mass is 298 g/mol. The molecule has 0 aliphatic heterocycles. The standard InChI is InChI=1S/C14H13F3N2O2/c1-9-12(10-5-3-2-4-6-10)18-11(19-13(9)20)7-21-8-14(15,16)17/h2-6H,7-8H2,1H3,(H,18,19,20). The van der Waals surface area contributed by atoms with Gasteiger partial charge in [-0.2, -0.15) is 13.2 Å².